The van der Waals surface area contributed by atoms with Crippen molar-refractivity contribution in [2.24, 2.45) is 0 Å². The number of benzene rings is 1. The minimum atomic E-state index is 0.162. The first kappa shape index (κ1) is 12.4. The van der Waals surface area contributed by atoms with Crippen molar-refractivity contribution in [1.29, 1.82) is 0 Å². The maximum Gasteiger partial charge on any atom is 0.140 e. The van der Waals surface area contributed by atoms with Crippen LogP contribution in [0.5, 0.6) is 0 Å². The number of para-hydroxylation sites is 1. The predicted octanol–water partition coefficient (Wildman–Crippen LogP) is 2.37. The van der Waals surface area contributed by atoms with Gasteiger partial charge in [0, 0.05) is 18.0 Å². The average molecular weight is 257 g/mol. The summed E-state index contributed by atoms with van der Waals surface area (Å²) in [6.45, 7) is 0.806. The monoisotopic (exact) mass is 257 g/mol. The second kappa shape index (κ2) is 5.53. The van der Waals surface area contributed by atoms with Crippen molar-refractivity contribution >= 4 is 16.7 Å². The first-order chi connectivity index (χ1) is 9.40. The van der Waals surface area contributed by atoms with Gasteiger partial charge in [-0.3, -0.25) is 0 Å². The Labute approximate surface area is 113 Å². The third-order valence-electron chi connectivity index (χ3n) is 3.90. The Hall–Kier alpha value is -1.68. The second-order valence-corrected chi connectivity index (χ2v) is 5.07. The molecule has 0 amide bonds. The van der Waals surface area contributed by atoms with E-state index in [1.807, 2.05) is 18.2 Å². The van der Waals surface area contributed by atoms with Crippen LogP contribution in [0.2, 0.25) is 0 Å². The fourth-order valence-electron chi connectivity index (χ4n) is 3.00. The summed E-state index contributed by atoms with van der Waals surface area (Å²) in [5.74, 6) is 0.964. The quantitative estimate of drug-likeness (QED) is 0.913. The molecular formula is C15H19N3O. The molecule has 3 rings (SSSR count). The Balaban J connectivity index is 2.03. The van der Waals surface area contributed by atoms with Gasteiger partial charge in [0.05, 0.1) is 12.1 Å². The lowest BCUT2D eigenvalue weighted by Crippen LogP contribution is -2.36. The van der Waals surface area contributed by atoms with Crippen LogP contribution in [0.1, 0.15) is 25.7 Å². The Morgan fingerprint density at radius 1 is 1.16 bits per heavy atom. The second-order valence-electron chi connectivity index (χ2n) is 5.07. The highest BCUT2D eigenvalue weighted by molar-refractivity contribution is 5.89. The van der Waals surface area contributed by atoms with Crippen LogP contribution in [0, 0.1) is 0 Å². The van der Waals surface area contributed by atoms with Crippen molar-refractivity contribution in [3.05, 3.63) is 30.6 Å². The molecule has 19 heavy (non-hydrogen) atoms. The largest absolute Gasteiger partial charge is 0.395 e. The Kier molecular flexibility index (Phi) is 3.60. The van der Waals surface area contributed by atoms with Gasteiger partial charge in [0.25, 0.3) is 0 Å². The molecule has 0 aliphatic heterocycles. The van der Waals surface area contributed by atoms with Gasteiger partial charge >= 0.3 is 0 Å². The molecule has 2 aromatic rings. The zero-order valence-electron chi connectivity index (χ0n) is 11.0. The summed E-state index contributed by atoms with van der Waals surface area (Å²) in [4.78, 5) is 11.0. The lowest BCUT2D eigenvalue weighted by molar-refractivity contribution is 0.297. The van der Waals surface area contributed by atoms with E-state index in [0.717, 1.165) is 16.7 Å². The van der Waals surface area contributed by atoms with Crippen molar-refractivity contribution < 1.29 is 5.11 Å². The molecule has 0 bridgehead atoms. The van der Waals surface area contributed by atoms with Crippen molar-refractivity contribution in [3.8, 4) is 0 Å². The standard InChI is InChI=1S/C15H19N3O/c19-10-9-18(12-5-1-2-6-12)15-13-7-3-4-8-14(13)16-11-17-15/h3-4,7-8,11-12,19H,1-2,5-6,9-10H2. The van der Waals surface area contributed by atoms with Crippen LogP contribution in [0.15, 0.2) is 30.6 Å². The van der Waals surface area contributed by atoms with Gasteiger partial charge in [-0.05, 0) is 25.0 Å². The Bertz CT molecular complexity index is 547. The summed E-state index contributed by atoms with van der Waals surface area (Å²) in [6, 6.07) is 8.58. The molecule has 1 N–H and O–H groups in total. The first-order valence-corrected chi connectivity index (χ1v) is 6.97. The Morgan fingerprint density at radius 2 is 1.95 bits per heavy atom. The summed E-state index contributed by atoms with van der Waals surface area (Å²) in [6.07, 6.45) is 6.55. The van der Waals surface area contributed by atoms with Crippen molar-refractivity contribution in [2.75, 3.05) is 18.1 Å². The lowest BCUT2D eigenvalue weighted by Gasteiger charge is -2.30. The molecule has 1 aromatic heterocycles. The zero-order chi connectivity index (χ0) is 13.1. The minimum absolute atomic E-state index is 0.162. The molecule has 0 spiro atoms. The molecule has 1 fully saturated rings. The van der Waals surface area contributed by atoms with Gasteiger partial charge in [0.15, 0.2) is 0 Å². The van der Waals surface area contributed by atoms with Crippen molar-refractivity contribution in [3.63, 3.8) is 0 Å². The fourth-order valence-corrected chi connectivity index (χ4v) is 3.00. The van der Waals surface area contributed by atoms with Crippen molar-refractivity contribution in [1.82, 2.24) is 9.97 Å². The molecule has 1 saturated carbocycles. The topological polar surface area (TPSA) is 49.2 Å². The van der Waals surface area contributed by atoms with Crippen LogP contribution >= 0.6 is 0 Å². The zero-order valence-corrected chi connectivity index (χ0v) is 11.0. The smallest absolute Gasteiger partial charge is 0.140 e. The van der Waals surface area contributed by atoms with E-state index < -0.39 is 0 Å². The van der Waals surface area contributed by atoms with E-state index >= 15 is 0 Å². The summed E-state index contributed by atoms with van der Waals surface area (Å²) >= 11 is 0. The van der Waals surface area contributed by atoms with E-state index in [0.29, 0.717) is 12.6 Å². The highest BCUT2D eigenvalue weighted by atomic mass is 16.3. The van der Waals surface area contributed by atoms with Crippen LogP contribution < -0.4 is 4.90 Å². The van der Waals surface area contributed by atoms with Gasteiger partial charge < -0.3 is 10.0 Å². The number of nitrogens with zero attached hydrogens (tertiary/aromatic N) is 3. The molecule has 1 aliphatic carbocycles. The average Bonchev–Trinajstić information content (AvgIpc) is 2.98. The van der Waals surface area contributed by atoms with E-state index in [-0.39, 0.29) is 6.61 Å². The molecule has 0 radical (unpaired) electrons. The first-order valence-electron chi connectivity index (χ1n) is 6.97. The SMILES string of the molecule is OCCN(c1ncnc2ccccc12)C1CCCC1. The van der Waals surface area contributed by atoms with Gasteiger partial charge in [-0.2, -0.15) is 0 Å². The maximum absolute atomic E-state index is 9.35. The molecule has 1 aromatic carbocycles. The minimum Gasteiger partial charge on any atom is -0.395 e. The highest BCUT2D eigenvalue weighted by Crippen LogP contribution is 2.30. The number of aliphatic hydroxyl groups is 1. The molecule has 4 nitrogen and oxygen atoms in total. The normalized spacial score (nSPS) is 16.1. The van der Waals surface area contributed by atoms with Gasteiger partial charge in [-0.25, -0.2) is 9.97 Å². The maximum atomic E-state index is 9.35. The molecule has 100 valence electrons. The molecule has 1 heterocycles. The Morgan fingerprint density at radius 3 is 2.74 bits per heavy atom. The third-order valence-corrected chi connectivity index (χ3v) is 3.90. The number of hydrogen-bond donors (Lipinski definition) is 1. The summed E-state index contributed by atoms with van der Waals surface area (Å²) in [5, 5.41) is 10.4. The van der Waals surface area contributed by atoms with Crippen LogP contribution in [0.25, 0.3) is 10.9 Å². The highest BCUT2D eigenvalue weighted by Gasteiger charge is 2.24. The van der Waals surface area contributed by atoms with E-state index in [9.17, 15) is 5.11 Å². The van der Waals surface area contributed by atoms with E-state index in [1.54, 1.807) is 6.33 Å². The number of aromatic nitrogens is 2. The summed E-state index contributed by atoms with van der Waals surface area (Å²) in [7, 11) is 0. The number of anilines is 1. The molecular weight excluding hydrogens is 238 g/mol. The molecule has 0 atom stereocenters. The van der Waals surface area contributed by atoms with Gasteiger partial charge in [-0.15, -0.1) is 0 Å². The van der Waals surface area contributed by atoms with Gasteiger partial charge in [0.2, 0.25) is 0 Å². The number of hydrogen-bond acceptors (Lipinski definition) is 4. The number of fused-ring (bicyclic) bond motifs is 1. The van der Waals surface area contributed by atoms with E-state index in [1.165, 1.54) is 25.7 Å². The third kappa shape index (κ3) is 2.40. The number of rotatable bonds is 4. The molecule has 0 unspecified atom stereocenters. The summed E-state index contributed by atoms with van der Waals surface area (Å²) < 4.78 is 0. The molecule has 4 heteroatoms. The van der Waals surface area contributed by atoms with Gasteiger partial charge in [-0.1, -0.05) is 25.0 Å². The van der Waals surface area contributed by atoms with Crippen LogP contribution in [0.4, 0.5) is 5.82 Å². The van der Waals surface area contributed by atoms with Crippen LogP contribution in [-0.4, -0.2) is 34.3 Å². The van der Waals surface area contributed by atoms with Crippen LogP contribution in [-0.2, 0) is 0 Å². The number of aliphatic hydroxyl groups excluding tert-OH is 1. The predicted molar refractivity (Wildman–Crippen MR) is 76.2 cm³/mol. The van der Waals surface area contributed by atoms with Crippen LogP contribution in [0.3, 0.4) is 0 Å². The van der Waals surface area contributed by atoms with Crippen molar-refractivity contribution in [2.45, 2.75) is 31.7 Å². The molecule has 0 saturated heterocycles. The van der Waals surface area contributed by atoms with Gasteiger partial charge in [0.1, 0.15) is 12.1 Å². The fraction of sp³-hybridized carbons (Fsp3) is 0.467. The lowest BCUT2D eigenvalue weighted by atomic mass is 10.1. The molecule has 1 aliphatic rings. The summed E-state index contributed by atoms with van der Waals surface area (Å²) in [5.41, 5.74) is 0.966. The van der Waals surface area contributed by atoms with E-state index in [2.05, 4.69) is 20.9 Å². The van der Waals surface area contributed by atoms with E-state index in [4.69, 9.17) is 0 Å².